The molecule has 0 bridgehead atoms. The van der Waals surface area contributed by atoms with Crippen LogP contribution in [0.5, 0.6) is 0 Å². The van der Waals surface area contributed by atoms with E-state index in [2.05, 4.69) is 15.5 Å². The molecule has 0 aliphatic carbocycles. The lowest BCUT2D eigenvalue weighted by Crippen LogP contribution is -2.27. The van der Waals surface area contributed by atoms with Gasteiger partial charge in [-0.15, -0.1) is 10.2 Å². The summed E-state index contributed by atoms with van der Waals surface area (Å²) in [7, 11) is 0. The summed E-state index contributed by atoms with van der Waals surface area (Å²) in [5.41, 5.74) is 2.22. The summed E-state index contributed by atoms with van der Waals surface area (Å²) in [5.74, 6) is 0.486. The number of carbonyl (C=O) groups excluding carboxylic acids is 2. The van der Waals surface area contributed by atoms with Crippen LogP contribution >= 0.6 is 0 Å². The third-order valence-electron chi connectivity index (χ3n) is 4.31. The van der Waals surface area contributed by atoms with Gasteiger partial charge in [0, 0.05) is 28.9 Å². The van der Waals surface area contributed by atoms with E-state index in [1.54, 1.807) is 10.8 Å². The van der Waals surface area contributed by atoms with E-state index < -0.39 is 0 Å². The van der Waals surface area contributed by atoms with E-state index in [0.29, 0.717) is 11.4 Å². The summed E-state index contributed by atoms with van der Waals surface area (Å²) in [6, 6.07) is 13.2. The Hall–Kier alpha value is -3.48. The highest BCUT2D eigenvalue weighted by Crippen LogP contribution is 2.21. The van der Waals surface area contributed by atoms with Crippen molar-refractivity contribution in [3.05, 3.63) is 66.2 Å². The third-order valence-corrected chi connectivity index (χ3v) is 4.31. The van der Waals surface area contributed by atoms with E-state index in [0.717, 1.165) is 16.6 Å². The molecule has 7 heteroatoms. The summed E-state index contributed by atoms with van der Waals surface area (Å²) in [4.78, 5) is 24.2. The zero-order valence-corrected chi connectivity index (χ0v) is 14.2. The molecule has 0 aliphatic heterocycles. The van der Waals surface area contributed by atoms with Gasteiger partial charge in [0.05, 0.1) is 6.54 Å². The number of hydrogen-bond acceptors (Lipinski definition) is 4. The summed E-state index contributed by atoms with van der Waals surface area (Å²) >= 11 is 0. The molecular weight excluding hydrogens is 330 g/mol. The Morgan fingerprint density at radius 2 is 1.88 bits per heavy atom. The van der Waals surface area contributed by atoms with Crippen molar-refractivity contribution < 1.29 is 9.59 Å². The van der Waals surface area contributed by atoms with Crippen molar-refractivity contribution in [1.82, 2.24) is 24.5 Å². The summed E-state index contributed by atoms with van der Waals surface area (Å²) < 4.78 is 3.63. The van der Waals surface area contributed by atoms with Gasteiger partial charge in [-0.1, -0.05) is 24.3 Å². The Morgan fingerprint density at radius 3 is 2.73 bits per heavy atom. The average molecular weight is 347 g/mol. The van der Waals surface area contributed by atoms with Gasteiger partial charge in [0.25, 0.3) is 0 Å². The number of aromatic nitrogens is 4. The summed E-state index contributed by atoms with van der Waals surface area (Å²) in [5, 5.41) is 11.9. The Labute approximate surface area is 149 Å². The minimum absolute atomic E-state index is 0.0183. The third kappa shape index (κ3) is 2.83. The van der Waals surface area contributed by atoms with Crippen molar-refractivity contribution in [1.29, 1.82) is 0 Å². The van der Waals surface area contributed by atoms with Crippen LogP contribution in [0.1, 0.15) is 23.1 Å². The van der Waals surface area contributed by atoms with E-state index >= 15 is 0 Å². The Morgan fingerprint density at radius 1 is 1.08 bits per heavy atom. The average Bonchev–Trinajstić information content (AvgIpc) is 3.22. The van der Waals surface area contributed by atoms with E-state index in [1.807, 2.05) is 53.1 Å². The second-order valence-corrected chi connectivity index (χ2v) is 6.07. The maximum atomic E-state index is 12.4. The van der Waals surface area contributed by atoms with Crippen molar-refractivity contribution in [3.63, 3.8) is 0 Å². The van der Waals surface area contributed by atoms with Gasteiger partial charge < -0.3 is 9.88 Å². The van der Waals surface area contributed by atoms with Gasteiger partial charge in [0.2, 0.25) is 5.91 Å². The molecule has 0 saturated carbocycles. The molecule has 0 unspecified atom stereocenters. The number of nitrogens with one attached hydrogen (secondary N) is 1. The van der Waals surface area contributed by atoms with E-state index in [4.69, 9.17) is 0 Å². The number of ketones is 1. The molecular formula is C19H17N5O2. The summed E-state index contributed by atoms with van der Waals surface area (Å²) in [6.45, 7) is 1.94. The fourth-order valence-corrected chi connectivity index (χ4v) is 3.06. The molecule has 0 saturated heterocycles. The van der Waals surface area contributed by atoms with Gasteiger partial charge in [-0.3, -0.25) is 14.0 Å². The van der Waals surface area contributed by atoms with E-state index in [9.17, 15) is 9.59 Å². The van der Waals surface area contributed by atoms with Gasteiger partial charge in [0.15, 0.2) is 17.3 Å². The zero-order chi connectivity index (χ0) is 18.1. The van der Waals surface area contributed by atoms with Crippen molar-refractivity contribution in [2.45, 2.75) is 20.0 Å². The second kappa shape index (κ2) is 6.44. The largest absolute Gasteiger partial charge is 0.347 e. The molecule has 0 atom stereocenters. The Balaban J connectivity index is 1.52. The number of fused-ring (bicyclic) bond motifs is 2. The predicted octanol–water partition coefficient (Wildman–Crippen LogP) is 2.20. The number of rotatable bonds is 5. The van der Waals surface area contributed by atoms with E-state index in [1.165, 1.54) is 6.92 Å². The first kappa shape index (κ1) is 16.0. The van der Waals surface area contributed by atoms with Crippen molar-refractivity contribution in [3.8, 4) is 0 Å². The van der Waals surface area contributed by atoms with Crippen LogP contribution in [0.3, 0.4) is 0 Å². The van der Waals surface area contributed by atoms with Crippen LogP contribution < -0.4 is 5.32 Å². The number of nitrogens with zero attached hydrogens (tertiary/aromatic N) is 4. The highest BCUT2D eigenvalue weighted by Gasteiger charge is 2.14. The molecule has 1 N–H and O–H groups in total. The van der Waals surface area contributed by atoms with Crippen LogP contribution in [-0.2, 0) is 17.9 Å². The molecule has 0 fully saturated rings. The smallest absolute Gasteiger partial charge is 0.240 e. The first-order valence-corrected chi connectivity index (χ1v) is 8.27. The van der Waals surface area contributed by atoms with Gasteiger partial charge in [0.1, 0.15) is 6.54 Å². The molecule has 4 aromatic rings. The van der Waals surface area contributed by atoms with Crippen LogP contribution in [0.2, 0.25) is 0 Å². The minimum Gasteiger partial charge on any atom is -0.347 e. The molecule has 0 spiro atoms. The Bertz CT molecular complexity index is 1130. The quantitative estimate of drug-likeness (QED) is 0.561. The first-order chi connectivity index (χ1) is 12.6. The molecule has 3 aromatic heterocycles. The van der Waals surface area contributed by atoms with Gasteiger partial charge >= 0.3 is 0 Å². The van der Waals surface area contributed by atoms with Crippen LogP contribution in [0.25, 0.3) is 16.6 Å². The lowest BCUT2D eigenvalue weighted by Gasteiger charge is -2.06. The number of pyridine rings is 1. The monoisotopic (exact) mass is 347 g/mol. The molecule has 7 nitrogen and oxygen atoms in total. The van der Waals surface area contributed by atoms with Crippen LogP contribution in [0.4, 0.5) is 0 Å². The minimum atomic E-state index is -0.159. The Kier molecular flexibility index (Phi) is 3.96. The summed E-state index contributed by atoms with van der Waals surface area (Å²) in [6.07, 6.45) is 3.59. The fraction of sp³-hybridized carbons (Fsp3) is 0.158. The van der Waals surface area contributed by atoms with Gasteiger partial charge in [-0.2, -0.15) is 0 Å². The molecule has 0 aliphatic rings. The van der Waals surface area contributed by atoms with Crippen molar-refractivity contribution >= 4 is 28.2 Å². The van der Waals surface area contributed by atoms with Crippen LogP contribution in [-0.4, -0.2) is 30.9 Å². The zero-order valence-electron chi connectivity index (χ0n) is 14.2. The van der Waals surface area contributed by atoms with Crippen LogP contribution in [0.15, 0.2) is 54.9 Å². The molecule has 1 amide bonds. The highest BCUT2D eigenvalue weighted by atomic mass is 16.2. The lowest BCUT2D eigenvalue weighted by molar-refractivity contribution is -0.121. The predicted molar refractivity (Wildman–Crippen MR) is 96.8 cm³/mol. The number of amides is 1. The van der Waals surface area contributed by atoms with Crippen molar-refractivity contribution in [2.75, 3.05) is 0 Å². The number of para-hydroxylation sites is 1. The van der Waals surface area contributed by atoms with Gasteiger partial charge in [-0.05, 0) is 25.1 Å². The maximum Gasteiger partial charge on any atom is 0.240 e. The SMILES string of the molecule is CC(=O)c1cn(CC(=O)NCc2nnc3ccccn23)c2ccccc12. The fourth-order valence-electron chi connectivity index (χ4n) is 3.06. The molecule has 0 radical (unpaired) electrons. The van der Waals surface area contributed by atoms with Gasteiger partial charge in [-0.25, -0.2) is 0 Å². The van der Waals surface area contributed by atoms with Crippen LogP contribution in [0, 0.1) is 0 Å². The highest BCUT2D eigenvalue weighted by molar-refractivity contribution is 6.07. The first-order valence-electron chi connectivity index (χ1n) is 8.27. The molecule has 4 rings (SSSR count). The second-order valence-electron chi connectivity index (χ2n) is 6.07. The number of hydrogen-bond donors (Lipinski definition) is 1. The molecule has 1 aromatic carbocycles. The topological polar surface area (TPSA) is 81.3 Å². The molecule has 3 heterocycles. The molecule has 130 valence electrons. The lowest BCUT2D eigenvalue weighted by atomic mass is 10.1. The van der Waals surface area contributed by atoms with E-state index in [-0.39, 0.29) is 24.8 Å². The van der Waals surface area contributed by atoms with Crippen molar-refractivity contribution in [2.24, 2.45) is 0 Å². The number of Topliss-reactive ketones (excluding diaryl/α,β-unsaturated/α-hetero) is 1. The normalized spacial score (nSPS) is 11.1. The standard InChI is InChI=1S/C19H17N5O2/c1-13(25)15-11-23(16-7-3-2-6-14(15)16)12-19(26)20-10-18-22-21-17-8-4-5-9-24(17)18/h2-9,11H,10,12H2,1H3,(H,20,26). The number of benzene rings is 1. The molecule has 26 heavy (non-hydrogen) atoms. The number of carbonyl (C=O) groups is 2. The maximum absolute atomic E-state index is 12.4.